The summed E-state index contributed by atoms with van der Waals surface area (Å²) in [7, 11) is -4.79. The maximum absolute atomic E-state index is 12.3. The van der Waals surface area contributed by atoms with Crippen LogP contribution in [0.15, 0.2) is 85.1 Å². The summed E-state index contributed by atoms with van der Waals surface area (Å²) in [6, 6.07) is -1.61. The van der Waals surface area contributed by atoms with E-state index in [0.29, 0.717) is 12.8 Å². The molecule has 0 aliphatic heterocycles. The molecule has 3 atom stereocenters. The molecule has 0 aromatic heterocycles. The van der Waals surface area contributed by atoms with Crippen molar-refractivity contribution in [2.24, 2.45) is 0 Å². The van der Waals surface area contributed by atoms with Crippen LogP contribution in [-0.4, -0.2) is 64.9 Å². The molecule has 0 fully saturated rings. The molecule has 1 amide bonds. The molecule has 0 rings (SSSR count). The number of hydrogen-bond donors (Lipinski definition) is 4. The van der Waals surface area contributed by atoms with Crippen LogP contribution in [0.5, 0.6) is 0 Å². The van der Waals surface area contributed by atoms with Gasteiger partial charge in [-0.05, 0) is 51.4 Å². The van der Waals surface area contributed by atoms with Crippen molar-refractivity contribution in [1.82, 2.24) is 5.32 Å². The van der Waals surface area contributed by atoms with Gasteiger partial charge < -0.3 is 25.2 Å². The van der Waals surface area contributed by atoms with Gasteiger partial charge in [0.1, 0.15) is 12.7 Å². The maximum Gasteiger partial charge on any atom is 0.472 e. The summed E-state index contributed by atoms with van der Waals surface area (Å²) in [4.78, 5) is 45.9. The highest BCUT2D eigenvalue weighted by atomic mass is 31.2. The van der Waals surface area contributed by atoms with E-state index >= 15 is 0 Å². The molecular formula is C48H80NO10P. The van der Waals surface area contributed by atoms with Crippen LogP contribution >= 0.6 is 7.82 Å². The Balaban J connectivity index is 4.04. The molecule has 60 heavy (non-hydrogen) atoms. The number of aliphatic hydroxyl groups is 1. The number of aliphatic hydroxyl groups excluding tert-OH is 1. The Morgan fingerprint density at radius 2 is 0.933 bits per heavy atom. The second kappa shape index (κ2) is 42.4. The van der Waals surface area contributed by atoms with E-state index in [1.54, 1.807) is 12.2 Å². The largest absolute Gasteiger partial charge is 0.480 e. The number of ether oxygens (including phenoxy) is 1. The van der Waals surface area contributed by atoms with Gasteiger partial charge in [-0.1, -0.05) is 189 Å². The minimum atomic E-state index is -4.79. The third kappa shape index (κ3) is 41.4. The van der Waals surface area contributed by atoms with Gasteiger partial charge in [-0.15, -0.1) is 0 Å². The second-order valence-electron chi connectivity index (χ2n) is 14.9. The Kier molecular flexibility index (Phi) is 40.0. The number of rotatable bonds is 41. The topological polar surface area (TPSA) is 169 Å². The van der Waals surface area contributed by atoms with Gasteiger partial charge in [-0.3, -0.25) is 18.6 Å². The summed E-state index contributed by atoms with van der Waals surface area (Å²) in [5.41, 5.74) is 0. The van der Waals surface area contributed by atoms with Crippen molar-refractivity contribution >= 4 is 25.7 Å². The molecule has 342 valence electrons. The van der Waals surface area contributed by atoms with Crippen LogP contribution < -0.4 is 5.32 Å². The van der Waals surface area contributed by atoms with E-state index in [-0.39, 0.29) is 12.8 Å². The lowest BCUT2D eigenvalue weighted by Crippen LogP contribution is -2.43. The average Bonchev–Trinajstić information content (AvgIpc) is 3.22. The summed E-state index contributed by atoms with van der Waals surface area (Å²) < 4.78 is 26.8. The number of carboxylic acids is 1. The fourth-order valence-electron chi connectivity index (χ4n) is 5.75. The van der Waals surface area contributed by atoms with Crippen molar-refractivity contribution in [2.75, 3.05) is 19.8 Å². The predicted octanol–water partition coefficient (Wildman–Crippen LogP) is 11.9. The van der Waals surface area contributed by atoms with Gasteiger partial charge in [-0.25, -0.2) is 9.36 Å². The highest BCUT2D eigenvalue weighted by Gasteiger charge is 2.28. The van der Waals surface area contributed by atoms with E-state index in [0.717, 1.165) is 57.8 Å². The SMILES string of the molecule is CC/C=C\C/C=C\C/C=C\C/C=C\C/C=C\C/C=C\C/C=C\CC(=O)NC(COP(=O)(O)OCC(O)COC(=O)CCCCCCCCCCCCCCCCC)C(=O)O. The zero-order valence-corrected chi connectivity index (χ0v) is 37.9. The van der Waals surface area contributed by atoms with Crippen molar-refractivity contribution in [3.63, 3.8) is 0 Å². The van der Waals surface area contributed by atoms with Gasteiger partial charge >= 0.3 is 19.8 Å². The lowest BCUT2D eigenvalue weighted by Gasteiger charge is -2.18. The third-order valence-electron chi connectivity index (χ3n) is 9.23. The summed E-state index contributed by atoms with van der Waals surface area (Å²) in [5.74, 6) is -2.55. The first kappa shape index (κ1) is 56.7. The number of carbonyl (C=O) groups excluding carboxylic acids is 2. The highest BCUT2D eigenvalue weighted by molar-refractivity contribution is 7.47. The van der Waals surface area contributed by atoms with Crippen molar-refractivity contribution in [3.05, 3.63) is 85.1 Å². The summed E-state index contributed by atoms with van der Waals surface area (Å²) in [6.45, 7) is 2.41. The quantitative estimate of drug-likeness (QED) is 0.0201. The molecule has 0 saturated heterocycles. The van der Waals surface area contributed by atoms with Crippen LogP contribution in [0.2, 0.25) is 0 Å². The first-order valence-electron chi connectivity index (χ1n) is 22.6. The molecule has 0 radical (unpaired) electrons. The molecule has 0 aromatic rings. The fraction of sp³-hybridized carbons (Fsp3) is 0.646. The van der Waals surface area contributed by atoms with E-state index in [9.17, 15) is 34.1 Å². The zero-order valence-electron chi connectivity index (χ0n) is 37.0. The molecular weight excluding hydrogens is 781 g/mol. The molecule has 0 saturated carbocycles. The molecule has 0 bridgehead atoms. The van der Waals surface area contributed by atoms with Gasteiger partial charge in [0, 0.05) is 12.8 Å². The number of phosphoric ester groups is 1. The van der Waals surface area contributed by atoms with Crippen LogP contribution in [0.25, 0.3) is 0 Å². The molecule has 12 heteroatoms. The van der Waals surface area contributed by atoms with Crippen LogP contribution in [0.1, 0.15) is 168 Å². The number of carbonyl (C=O) groups is 3. The van der Waals surface area contributed by atoms with Crippen molar-refractivity contribution in [2.45, 2.75) is 180 Å². The zero-order chi connectivity index (χ0) is 44.2. The number of phosphoric acid groups is 1. The van der Waals surface area contributed by atoms with Crippen LogP contribution in [0, 0.1) is 0 Å². The number of allylic oxidation sites excluding steroid dienone is 13. The third-order valence-corrected chi connectivity index (χ3v) is 10.2. The minimum Gasteiger partial charge on any atom is -0.480 e. The molecule has 3 unspecified atom stereocenters. The first-order valence-corrected chi connectivity index (χ1v) is 24.1. The predicted molar refractivity (Wildman–Crippen MR) is 244 cm³/mol. The normalized spacial score (nSPS) is 14.5. The summed E-state index contributed by atoms with van der Waals surface area (Å²) >= 11 is 0. The van der Waals surface area contributed by atoms with Crippen LogP contribution in [0.4, 0.5) is 0 Å². The van der Waals surface area contributed by atoms with Crippen LogP contribution in [-0.2, 0) is 32.7 Å². The Hall–Kier alpha value is -3.34. The molecule has 0 heterocycles. The van der Waals surface area contributed by atoms with Crippen molar-refractivity contribution < 1.29 is 47.8 Å². The molecule has 11 nitrogen and oxygen atoms in total. The van der Waals surface area contributed by atoms with E-state index < -0.39 is 57.6 Å². The average molecular weight is 862 g/mol. The first-order chi connectivity index (χ1) is 29.1. The van der Waals surface area contributed by atoms with E-state index in [2.05, 4.69) is 79.9 Å². The minimum absolute atomic E-state index is 0.0932. The monoisotopic (exact) mass is 862 g/mol. The molecule has 0 aliphatic carbocycles. The maximum atomic E-state index is 12.3. The van der Waals surface area contributed by atoms with Crippen molar-refractivity contribution in [3.8, 4) is 0 Å². The molecule has 0 spiro atoms. The van der Waals surface area contributed by atoms with Crippen LogP contribution in [0.3, 0.4) is 0 Å². The van der Waals surface area contributed by atoms with Gasteiger partial charge in [0.25, 0.3) is 0 Å². The number of carboxylic acid groups (broad SMARTS) is 1. The Morgan fingerprint density at radius 3 is 1.35 bits per heavy atom. The second-order valence-corrected chi connectivity index (χ2v) is 16.3. The van der Waals surface area contributed by atoms with Crippen molar-refractivity contribution in [1.29, 1.82) is 0 Å². The Bertz CT molecular complexity index is 1340. The fourth-order valence-corrected chi connectivity index (χ4v) is 6.52. The van der Waals surface area contributed by atoms with Gasteiger partial charge in [0.05, 0.1) is 13.2 Å². The molecule has 0 aliphatic rings. The number of amides is 1. The number of hydrogen-bond acceptors (Lipinski definition) is 8. The Morgan fingerprint density at radius 1 is 0.550 bits per heavy atom. The smallest absolute Gasteiger partial charge is 0.472 e. The number of esters is 1. The summed E-state index contributed by atoms with van der Waals surface area (Å²) in [6.07, 6.45) is 52.1. The number of aliphatic carboxylic acids is 1. The number of unbranched alkanes of at least 4 members (excludes halogenated alkanes) is 14. The lowest BCUT2D eigenvalue weighted by molar-refractivity contribution is -0.147. The van der Waals surface area contributed by atoms with E-state index in [4.69, 9.17) is 13.8 Å². The number of nitrogens with one attached hydrogen (secondary N) is 1. The Labute approximate surface area is 362 Å². The highest BCUT2D eigenvalue weighted by Crippen LogP contribution is 2.43. The summed E-state index contributed by atoms with van der Waals surface area (Å²) in [5, 5.41) is 21.7. The van der Waals surface area contributed by atoms with Gasteiger partial charge in [-0.2, -0.15) is 0 Å². The molecule has 0 aromatic carbocycles. The van der Waals surface area contributed by atoms with E-state index in [1.807, 2.05) is 12.2 Å². The van der Waals surface area contributed by atoms with Gasteiger partial charge in [0.15, 0.2) is 6.04 Å². The molecule has 4 N–H and O–H groups in total. The standard InChI is InChI=1S/C48H80NO10P/c1-3-5-7-9-11-13-15-17-19-20-21-22-23-24-26-27-29-31-33-35-37-39-46(51)49-45(48(53)54)43-59-60(55,56)58-42-44(50)41-57-47(52)40-38-36-34-32-30-28-25-18-16-14-12-10-8-6-4-2/h5,7,11,13,17,19,21-22,24,26,29,31,35,37,44-45,50H,3-4,6,8-10,12,14-16,18,20,23,25,27-28,30,32-34,36,38-43H2,1-2H3,(H,49,51)(H,53,54)(H,55,56)/b7-5-,13-11-,19-17-,22-21-,26-24-,31-29-,37-35-. The lowest BCUT2D eigenvalue weighted by atomic mass is 10.0. The van der Waals surface area contributed by atoms with E-state index in [1.165, 1.54) is 70.6 Å². The van der Waals surface area contributed by atoms with Gasteiger partial charge in [0.2, 0.25) is 5.91 Å².